The van der Waals surface area contributed by atoms with Crippen molar-refractivity contribution in [1.29, 1.82) is 0 Å². The third kappa shape index (κ3) is 7.01. The van der Waals surface area contributed by atoms with Gasteiger partial charge in [-0.25, -0.2) is 0 Å². The first-order valence-electron chi connectivity index (χ1n) is 15.8. The Morgan fingerprint density at radius 3 is 2.45 bits per heavy atom. The fourth-order valence-corrected chi connectivity index (χ4v) is 9.83. The molecule has 1 fully saturated rings. The molecule has 1 saturated heterocycles. The summed E-state index contributed by atoms with van der Waals surface area (Å²) in [5, 5.41) is 22.5. The molecular formula is C35H42ClN3O7Si. The number of fused-ring (bicyclic) bond motifs is 2. The van der Waals surface area contributed by atoms with Gasteiger partial charge in [-0.05, 0) is 61.5 Å². The van der Waals surface area contributed by atoms with Crippen molar-refractivity contribution < 1.29 is 34.1 Å². The minimum absolute atomic E-state index is 0.0746. The van der Waals surface area contributed by atoms with Crippen LogP contribution in [0.4, 0.5) is 11.4 Å². The van der Waals surface area contributed by atoms with Gasteiger partial charge in [0.05, 0.1) is 31.4 Å². The standard InChI is InChI=1S/C35H42ClN3O7Si/c1-22-32(47(3,4)45)30(19-31(42)38(15-16-40)20-24-9-6-5-7-10-24)46-35(22)28-18-26(36)13-14-29(28)39(34(35)44)21-25-11-8-12-27(17-25)37-33(43)23(2)41/h5-14,17-18,22-23,30,32,40-41,45H,15-16,19-21H2,1-4H3,(H,37,43)/t22-,23+,30+,32-,35+/m1/s1. The van der Waals surface area contributed by atoms with E-state index in [4.69, 9.17) is 16.3 Å². The van der Waals surface area contributed by atoms with Crippen LogP contribution in [0.1, 0.15) is 37.0 Å². The maximum atomic E-state index is 14.7. The van der Waals surface area contributed by atoms with Crippen molar-refractivity contribution in [2.24, 2.45) is 5.92 Å². The van der Waals surface area contributed by atoms with E-state index in [0.29, 0.717) is 28.5 Å². The summed E-state index contributed by atoms with van der Waals surface area (Å²) in [7, 11) is -3.04. The minimum atomic E-state index is -3.04. The number of aliphatic hydroxyl groups is 2. The maximum absolute atomic E-state index is 14.7. The van der Waals surface area contributed by atoms with Crippen LogP contribution in [-0.4, -0.2) is 71.3 Å². The topological polar surface area (TPSA) is 140 Å². The second-order valence-electron chi connectivity index (χ2n) is 13.0. The van der Waals surface area contributed by atoms with Crippen molar-refractivity contribution in [3.8, 4) is 0 Å². The summed E-state index contributed by atoms with van der Waals surface area (Å²) in [6, 6.07) is 21.7. The highest BCUT2D eigenvalue weighted by Crippen LogP contribution is 2.60. The zero-order valence-corrected chi connectivity index (χ0v) is 28.8. The summed E-state index contributed by atoms with van der Waals surface area (Å²) in [6.07, 6.45) is -2.03. The molecule has 0 aromatic heterocycles. The van der Waals surface area contributed by atoms with Crippen LogP contribution in [0.15, 0.2) is 72.8 Å². The van der Waals surface area contributed by atoms with Gasteiger partial charge in [0.1, 0.15) is 6.10 Å². The molecule has 5 rings (SSSR count). The van der Waals surface area contributed by atoms with E-state index < -0.39 is 43.5 Å². The zero-order chi connectivity index (χ0) is 34.1. The molecule has 3 aromatic carbocycles. The van der Waals surface area contributed by atoms with Gasteiger partial charge in [0.25, 0.3) is 11.8 Å². The first-order chi connectivity index (χ1) is 22.3. The van der Waals surface area contributed by atoms with Crippen LogP contribution in [0.25, 0.3) is 0 Å². The number of rotatable bonds is 11. The van der Waals surface area contributed by atoms with Crippen molar-refractivity contribution >= 4 is 49.0 Å². The molecule has 0 radical (unpaired) electrons. The van der Waals surface area contributed by atoms with Gasteiger partial charge in [-0.2, -0.15) is 0 Å². The highest BCUT2D eigenvalue weighted by atomic mass is 35.5. The van der Waals surface area contributed by atoms with Gasteiger partial charge >= 0.3 is 0 Å². The van der Waals surface area contributed by atoms with E-state index >= 15 is 0 Å². The van der Waals surface area contributed by atoms with Gasteiger partial charge in [-0.15, -0.1) is 0 Å². The van der Waals surface area contributed by atoms with E-state index in [-0.39, 0.29) is 37.9 Å². The molecule has 3 aromatic rings. The van der Waals surface area contributed by atoms with E-state index in [1.165, 1.54) is 6.92 Å². The molecular weight excluding hydrogens is 638 g/mol. The number of anilines is 2. The number of hydrogen-bond donors (Lipinski definition) is 4. The Labute approximate surface area is 281 Å². The van der Waals surface area contributed by atoms with Gasteiger partial charge in [-0.3, -0.25) is 14.4 Å². The van der Waals surface area contributed by atoms with Crippen LogP contribution >= 0.6 is 11.6 Å². The van der Waals surface area contributed by atoms with E-state index in [1.807, 2.05) is 43.3 Å². The highest BCUT2D eigenvalue weighted by Gasteiger charge is 2.66. The van der Waals surface area contributed by atoms with Gasteiger partial charge in [0, 0.05) is 40.8 Å². The third-order valence-corrected chi connectivity index (χ3v) is 11.9. The van der Waals surface area contributed by atoms with E-state index in [0.717, 1.165) is 11.1 Å². The lowest BCUT2D eigenvalue weighted by Crippen LogP contribution is -2.46. The average molecular weight is 680 g/mol. The summed E-state index contributed by atoms with van der Waals surface area (Å²) in [4.78, 5) is 55.4. The average Bonchev–Trinajstić information content (AvgIpc) is 3.43. The Bertz CT molecular complexity index is 1630. The lowest BCUT2D eigenvalue weighted by molar-refractivity contribution is -0.150. The number of carbonyl (C=O) groups is 3. The van der Waals surface area contributed by atoms with Crippen LogP contribution < -0.4 is 10.2 Å². The smallest absolute Gasteiger partial charge is 0.264 e. The number of halogens is 1. The van der Waals surface area contributed by atoms with E-state index in [1.54, 1.807) is 59.3 Å². The van der Waals surface area contributed by atoms with Crippen molar-refractivity contribution in [3.05, 3.63) is 94.5 Å². The normalized spacial score (nSPS) is 22.8. The lowest BCUT2D eigenvalue weighted by Gasteiger charge is -2.32. The molecule has 1 spiro atoms. The molecule has 2 aliphatic heterocycles. The van der Waals surface area contributed by atoms with Crippen LogP contribution in [0.3, 0.4) is 0 Å². The third-order valence-electron chi connectivity index (χ3n) is 9.18. The Morgan fingerprint density at radius 1 is 1.09 bits per heavy atom. The van der Waals surface area contributed by atoms with Crippen molar-refractivity contribution in [1.82, 2.24) is 4.90 Å². The van der Waals surface area contributed by atoms with Crippen molar-refractivity contribution in [2.75, 3.05) is 23.4 Å². The molecule has 0 bridgehead atoms. The first kappa shape index (κ1) is 34.7. The zero-order valence-electron chi connectivity index (χ0n) is 27.0. The Kier molecular flexibility index (Phi) is 10.3. The van der Waals surface area contributed by atoms with Gasteiger partial charge in [0.15, 0.2) is 13.9 Å². The number of hydrogen-bond acceptors (Lipinski definition) is 7. The van der Waals surface area contributed by atoms with E-state index in [9.17, 15) is 29.4 Å². The molecule has 12 heteroatoms. The fraction of sp³-hybridized carbons (Fsp3) is 0.400. The van der Waals surface area contributed by atoms with E-state index in [2.05, 4.69) is 5.32 Å². The molecule has 2 aliphatic rings. The number of nitrogens with zero attached hydrogens (tertiary/aromatic N) is 2. The molecule has 4 N–H and O–H groups in total. The van der Waals surface area contributed by atoms with Gasteiger partial charge < -0.3 is 34.9 Å². The molecule has 0 saturated carbocycles. The van der Waals surface area contributed by atoms with Crippen molar-refractivity contribution in [3.63, 3.8) is 0 Å². The number of ether oxygens (including phenoxy) is 1. The summed E-state index contributed by atoms with van der Waals surface area (Å²) < 4.78 is 6.80. The molecule has 3 amide bonds. The largest absolute Gasteiger partial charge is 0.432 e. The number of carbonyl (C=O) groups excluding carboxylic acids is 3. The fourth-order valence-electron chi connectivity index (χ4n) is 7.10. The Balaban J connectivity index is 1.48. The van der Waals surface area contributed by atoms with Gasteiger partial charge in [0.2, 0.25) is 5.91 Å². The van der Waals surface area contributed by atoms with Crippen LogP contribution in [0.5, 0.6) is 0 Å². The second-order valence-corrected chi connectivity index (χ2v) is 17.4. The number of benzene rings is 3. The Hall–Kier alpha value is -3.58. The maximum Gasteiger partial charge on any atom is 0.264 e. The Morgan fingerprint density at radius 2 is 1.79 bits per heavy atom. The summed E-state index contributed by atoms with van der Waals surface area (Å²) in [5.74, 6) is -1.62. The summed E-state index contributed by atoms with van der Waals surface area (Å²) in [5.41, 5.74) is 1.34. The molecule has 250 valence electrons. The summed E-state index contributed by atoms with van der Waals surface area (Å²) >= 11 is 6.51. The molecule has 5 atom stereocenters. The van der Waals surface area contributed by atoms with Crippen molar-refractivity contribution in [2.45, 2.75) is 69.8 Å². The highest BCUT2D eigenvalue weighted by molar-refractivity contribution is 6.71. The predicted octanol–water partition coefficient (Wildman–Crippen LogP) is 4.42. The van der Waals surface area contributed by atoms with Gasteiger partial charge in [-0.1, -0.05) is 61.0 Å². The monoisotopic (exact) mass is 679 g/mol. The van der Waals surface area contributed by atoms with Crippen LogP contribution in [-0.2, 0) is 37.8 Å². The molecule has 0 aliphatic carbocycles. The molecule has 47 heavy (non-hydrogen) atoms. The number of amides is 3. The minimum Gasteiger partial charge on any atom is -0.432 e. The van der Waals surface area contributed by atoms with Crippen LogP contribution in [0.2, 0.25) is 23.7 Å². The molecule has 10 nitrogen and oxygen atoms in total. The quantitative estimate of drug-likeness (QED) is 0.220. The number of nitrogens with one attached hydrogen (secondary N) is 1. The lowest BCUT2D eigenvalue weighted by atomic mass is 9.82. The second kappa shape index (κ2) is 13.9. The molecule has 2 heterocycles. The summed E-state index contributed by atoms with van der Waals surface area (Å²) in [6.45, 7) is 7.25. The first-order valence-corrected chi connectivity index (χ1v) is 19.2. The SMILES string of the molecule is C[C@H](O)C(=O)Nc1cccc(CN2C(=O)[C@@]3(O[C@@H](CC(=O)N(CCO)Cc4ccccc4)[C@H]([Si](C)(C)O)[C@H]3C)c3cc(Cl)ccc32)c1. The predicted molar refractivity (Wildman–Crippen MR) is 182 cm³/mol. The number of aliphatic hydroxyl groups excluding tert-OH is 2. The van der Waals surface area contributed by atoms with Crippen LogP contribution in [0, 0.1) is 5.92 Å². The molecule has 0 unspecified atom stereocenters.